The Balaban J connectivity index is 1.87. The van der Waals surface area contributed by atoms with Crippen molar-refractivity contribution >= 4 is 28.3 Å². The van der Waals surface area contributed by atoms with Crippen LogP contribution in [-0.4, -0.2) is 28.6 Å². The van der Waals surface area contributed by atoms with E-state index >= 15 is 0 Å². The van der Waals surface area contributed by atoms with E-state index in [1.807, 2.05) is 30.3 Å². The Morgan fingerprint density at radius 1 is 1.28 bits per heavy atom. The highest BCUT2D eigenvalue weighted by atomic mass is 32.1. The Labute approximate surface area is 147 Å². The van der Waals surface area contributed by atoms with Crippen molar-refractivity contribution in [3.8, 4) is 22.5 Å². The predicted molar refractivity (Wildman–Crippen MR) is 93.0 cm³/mol. The van der Waals surface area contributed by atoms with Crippen LogP contribution in [0.2, 0.25) is 0 Å². The molecular formula is C17H15N3O4S. The summed E-state index contributed by atoms with van der Waals surface area (Å²) in [5.41, 5.74) is 2.94. The van der Waals surface area contributed by atoms with Gasteiger partial charge in [-0.1, -0.05) is 35.5 Å². The number of anilines is 1. The Bertz CT molecular complexity index is 902. The summed E-state index contributed by atoms with van der Waals surface area (Å²) in [4.78, 5) is 27.5. The molecule has 2 aromatic heterocycles. The Morgan fingerprint density at radius 3 is 2.76 bits per heavy atom. The van der Waals surface area contributed by atoms with E-state index in [0.29, 0.717) is 22.3 Å². The lowest BCUT2D eigenvalue weighted by Crippen LogP contribution is -2.24. The van der Waals surface area contributed by atoms with E-state index in [1.54, 1.807) is 19.2 Å². The largest absolute Gasteiger partial charge is 0.459 e. The molecule has 0 aliphatic rings. The summed E-state index contributed by atoms with van der Waals surface area (Å²) in [6.45, 7) is 3.56. The third kappa shape index (κ3) is 3.58. The fourth-order valence-corrected chi connectivity index (χ4v) is 2.95. The molecule has 0 unspecified atom stereocenters. The van der Waals surface area contributed by atoms with Crippen LogP contribution in [0.25, 0.3) is 22.5 Å². The number of nitrogens with zero attached hydrogens (tertiary/aromatic N) is 2. The fourth-order valence-electron chi connectivity index (χ4n) is 2.26. The first kappa shape index (κ1) is 16.8. The van der Waals surface area contributed by atoms with Crippen LogP contribution in [0.5, 0.6) is 0 Å². The molecule has 0 spiro atoms. The average Bonchev–Trinajstić information content (AvgIpc) is 3.22. The molecule has 0 aliphatic carbocycles. The van der Waals surface area contributed by atoms with E-state index < -0.39 is 11.9 Å². The van der Waals surface area contributed by atoms with Crippen LogP contribution in [0.15, 0.2) is 40.2 Å². The third-order valence-corrected chi connectivity index (χ3v) is 4.11. The molecule has 0 fully saturated rings. The molecule has 1 N–H and O–H groups in total. The number of aromatic nitrogens is 2. The lowest BCUT2D eigenvalue weighted by atomic mass is 10.0. The van der Waals surface area contributed by atoms with E-state index in [9.17, 15) is 9.59 Å². The van der Waals surface area contributed by atoms with Gasteiger partial charge in [-0.05, 0) is 13.8 Å². The zero-order chi connectivity index (χ0) is 17.8. The van der Waals surface area contributed by atoms with E-state index in [1.165, 1.54) is 11.3 Å². The highest BCUT2D eigenvalue weighted by Gasteiger charge is 2.21. The summed E-state index contributed by atoms with van der Waals surface area (Å²) in [6, 6.07) is 9.60. The van der Waals surface area contributed by atoms with E-state index in [4.69, 9.17) is 4.52 Å². The Kier molecular flexibility index (Phi) is 4.90. The van der Waals surface area contributed by atoms with Gasteiger partial charge in [-0.15, -0.1) is 11.3 Å². The smallest absolute Gasteiger partial charge is 0.397 e. The number of ether oxygens (including phenoxy) is 1. The van der Waals surface area contributed by atoms with Gasteiger partial charge in [0.05, 0.1) is 17.9 Å². The van der Waals surface area contributed by atoms with Crippen LogP contribution in [0.4, 0.5) is 5.13 Å². The van der Waals surface area contributed by atoms with Crippen LogP contribution in [0.1, 0.15) is 12.7 Å². The van der Waals surface area contributed by atoms with Gasteiger partial charge in [0.25, 0.3) is 0 Å². The maximum absolute atomic E-state index is 11.7. The van der Waals surface area contributed by atoms with Gasteiger partial charge in [-0.25, -0.2) is 9.78 Å². The molecule has 0 bridgehead atoms. The van der Waals surface area contributed by atoms with E-state index in [0.717, 1.165) is 11.1 Å². The number of hydrogen-bond donors (Lipinski definition) is 1. The lowest BCUT2D eigenvalue weighted by molar-refractivity contribution is -0.152. The number of carbonyl (C=O) groups excluding carboxylic acids is 2. The van der Waals surface area contributed by atoms with Crippen LogP contribution >= 0.6 is 11.3 Å². The van der Waals surface area contributed by atoms with Crippen molar-refractivity contribution in [2.24, 2.45) is 0 Å². The summed E-state index contributed by atoms with van der Waals surface area (Å²) in [5.74, 6) is -1.18. The average molecular weight is 357 g/mol. The summed E-state index contributed by atoms with van der Waals surface area (Å²) >= 11 is 1.20. The number of aryl methyl sites for hydroxylation is 1. The number of carbonyl (C=O) groups is 2. The fraction of sp³-hybridized carbons (Fsp3) is 0.176. The summed E-state index contributed by atoms with van der Waals surface area (Å²) in [6.07, 6.45) is 0. The second-order valence-electron chi connectivity index (χ2n) is 5.04. The molecule has 128 valence electrons. The third-order valence-electron chi connectivity index (χ3n) is 3.35. The molecule has 0 atom stereocenters. The number of amides is 1. The molecule has 7 nitrogen and oxygen atoms in total. The minimum atomic E-state index is -0.939. The summed E-state index contributed by atoms with van der Waals surface area (Å²) < 4.78 is 9.97. The highest BCUT2D eigenvalue weighted by molar-refractivity contribution is 7.14. The first-order valence-corrected chi connectivity index (χ1v) is 8.43. The van der Waals surface area contributed by atoms with Crippen LogP contribution in [-0.2, 0) is 14.3 Å². The number of esters is 1. The molecule has 1 amide bonds. The number of thiazole rings is 1. The van der Waals surface area contributed by atoms with E-state index in [-0.39, 0.29) is 6.61 Å². The number of rotatable bonds is 4. The maximum Gasteiger partial charge on any atom is 0.397 e. The van der Waals surface area contributed by atoms with Gasteiger partial charge >= 0.3 is 11.9 Å². The molecule has 2 heterocycles. The van der Waals surface area contributed by atoms with Gasteiger partial charge in [0.2, 0.25) is 0 Å². The Morgan fingerprint density at radius 2 is 2.04 bits per heavy atom. The molecule has 0 radical (unpaired) electrons. The van der Waals surface area contributed by atoms with Crippen molar-refractivity contribution in [3.05, 3.63) is 41.5 Å². The van der Waals surface area contributed by atoms with Gasteiger partial charge in [0.1, 0.15) is 11.5 Å². The molecule has 25 heavy (non-hydrogen) atoms. The SMILES string of the molecule is CCOC(=O)C(=O)Nc1nc(-c2c(-c3ccccc3)noc2C)cs1. The maximum atomic E-state index is 11.7. The number of benzene rings is 1. The van der Waals surface area contributed by atoms with Crippen molar-refractivity contribution in [2.75, 3.05) is 11.9 Å². The molecule has 8 heteroatoms. The van der Waals surface area contributed by atoms with Gasteiger partial charge in [-0.2, -0.15) is 0 Å². The predicted octanol–water partition coefficient (Wildman–Crippen LogP) is 3.28. The Hall–Kier alpha value is -3.00. The first-order valence-electron chi connectivity index (χ1n) is 7.55. The minimum Gasteiger partial charge on any atom is -0.459 e. The molecule has 0 aliphatic heterocycles. The summed E-state index contributed by atoms with van der Waals surface area (Å²) in [5, 5.41) is 8.61. The summed E-state index contributed by atoms with van der Waals surface area (Å²) in [7, 11) is 0. The zero-order valence-electron chi connectivity index (χ0n) is 13.6. The van der Waals surface area contributed by atoms with Crippen molar-refractivity contribution in [1.29, 1.82) is 0 Å². The molecule has 3 aromatic rings. The highest BCUT2D eigenvalue weighted by Crippen LogP contribution is 2.35. The second-order valence-corrected chi connectivity index (χ2v) is 5.90. The number of nitrogens with one attached hydrogen (secondary N) is 1. The van der Waals surface area contributed by atoms with Crippen molar-refractivity contribution in [1.82, 2.24) is 10.1 Å². The quantitative estimate of drug-likeness (QED) is 0.569. The van der Waals surface area contributed by atoms with Crippen LogP contribution in [0.3, 0.4) is 0 Å². The molecule has 1 aromatic carbocycles. The monoisotopic (exact) mass is 357 g/mol. The zero-order valence-corrected chi connectivity index (χ0v) is 14.4. The molecule has 0 saturated heterocycles. The van der Waals surface area contributed by atoms with Crippen LogP contribution in [0, 0.1) is 6.92 Å². The van der Waals surface area contributed by atoms with Crippen LogP contribution < -0.4 is 5.32 Å². The molecule has 3 rings (SSSR count). The normalized spacial score (nSPS) is 10.5. The van der Waals surface area contributed by atoms with Gasteiger partial charge < -0.3 is 9.26 Å². The molecular weight excluding hydrogens is 342 g/mol. The van der Waals surface area contributed by atoms with Crippen molar-refractivity contribution in [2.45, 2.75) is 13.8 Å². The van der Waals surface area contributed by atoms with Gasteiger partial charge in [0, 0.05) is 10.9 Å². The van der Waals surface area contributed by atoms with Crippen molar-refractivity contribution < 1.29 is 18.8 Å². The van der Waals surface area contributed by atoms with E-state index in [2.05, 4.69) is 20.2 Å². The minimum absolute atomic E-state index is 0.135. The lowest BCUT2D eigenvalue weighted by Gasteiger charge is -2.01. The van der Waals surface area contributed by atoms with Crippen molar-refractivity contribution in [3.63, 3.8) is 0 Å². The standard InChI is InChI=1S/C17H15N3O4S/c1-3-23-16(22)15(21)19-17-18-12(9-25-17)13-10(2)24-20-14(13)11-7-5-4-6-8-11/h4-9H,3H2,1-2H3,(H,18,19,21). The van der Waals surface area contributed by atoms with Gasteiger partial charge in [-0.3, -0.25) is 10.1 Å². The first-order chi connectivity index (χ1) is 12.1. The number of hydrogen-bond acceptors (Lipinski definition) is 7. The topological polar surface area (TPSA) is 94.3 Å². The second kappa shape index (κ2) is 7.27. The molecule has 0 saturated carbocycles. The van der Waals surface area contributed by atoms with Gasteiger partial charge in [0.15, 0.2) is 5.13 Å².